The Morgan fingerprint density at radius 3 is 2.70 bits per heavy atom. The number of nitriles is 1. The maximum absolute atomic E-state index is 9.16. The van der Waals surface area contributed by atoms with Crippen molar-refractivity contribution in [3.63, 3.8) is 0 Å². The van der Waals surface area contributed by atoms with Crippen LogP contribution in [0.2, 0.25) is 0 Å². The Morgan fingerprint density at radius 1 is 1.25 bits per heavy atom. The van der Waals surface area contributed by atoms with Crippen LogP contribution < -0.4 is 10.1 Å². The van der Waals surface area contributed by atoms with Crippen LogP contribution in [0.25, 0.3) is 0 Å². The van der Waals surface area contributed by atoms with Crippen molar-refractivity contribution in [2.45, 2.75) is 13.8 Å². The Balaban J connectivity index is 1.93. The molecular formula is C16H17N3O. The Hall–Kier alpha value is -2.54. The van der Waals surface area contributed by atoms with Gasteiger partial charge in [0.15, 0.2) is 0 Å². The summed E-state index contributed by atoms with van der Waals surface area (Å²) in [6, 6.07) is 13.7. The number of aromatic nitrogens is 1. The normalized spacial score (nSPS) is 9.85. The van der Waals surface area contributed by atoms with Crippen molar-refractivity contribution in [1.29, 1.82) is 5.26 Å². The molecule has 1 heterocycles. The predicted molar refractivity (Wildman–Crippen MR) is 78.9 cm³/mol. The molecule has 0 atom stereocenters. The molecule has 102 valence electrons. The largest absolute Gasteiger partial charge is 0.492 e. The van der Waals surface area contributed by atoms with Gasteiger partial charge in [0.1, 0.15) is 24.2 Å². The summed E-state index contributed by atoms with van der Waals surface area (Å²) in [5.41, 5.74) is 2.43. The van der Waals surface area contributed by atoms with Gasteiger partial charge in [0.05, 0.1) is 12.1 Å². The van der Waals surface area contributed by atoms with Crippen LogP contribution in [0.15, 0.2) is 36.4 Å². The molecule has 0 aliphatic rings. The van der Waals surface area contributed by atoms with Gasteiger partial charge in [-0.1, -0.05) is 18.2 Å². The van der Waals surface area contributed by atoms with Gasteiger partial charge < -0.3 is 10.1 Å². The van der Waals surface area contributed by atoms with Crippen LogP contribution in [0.5, 0.6) is 5.75 Å². The van der Waals surface area contributed by atoms with E-state index in [0.717, 1.165) is 17.0 Å². The fourth-order valence-corrected chi connectivity index (χ4v) is 1.96. The van der Waals surface area contributed by atoms with Gasteiger partial charge in [-0.3, -0.25) is 0 Å². The van der Waals surface area contributed by atoms with Crippen molar-refractivity contribution >= 4 is 5.82 Å². The van der Waals surface area contributed by atoms with E-state index in [0.29, 0.717) is 24.5 Å². The van der Waals surface area contributed by atoms with E-state index >= 15 is 0 Å². The fourth-order valence-electron chi connectivity index (χ4n) is 1.96. The average molecular weight is 267 g/mol. The zero-order valence-electron chi connectivity index (χ0n) is 11.7. The fraction of sp³-hybridized carbons (Fsp3) is 0.250. The van der Waals surface area contributed by atoms with Crippen molar-refractivity contribution in [3.8, 4) is 11.8 Å². The van der Waals surface area contributed by atoms with Crippen molar-refractivity contribution in [3.05, 3.63) is 53.2 Å². The molecule has 0 aliphatic carbocycles. The number of pyridine rings is 1. The minimum Gasteiger partial charge on any atom is -0.492 e. The van der Waals surface area contributed by atoms with Gasteiger partial charge in [0.2, 0.25) is 0 Å². The van der Waals surface area contributed by atoms with Crippen molar-refractivity contribution in [2.24, 2.45) is 0 Å². The molecule has 0 aliphatic heterocycles. The molecule has 0 bridgehead atoms. The van der Waals surface area contributed by atoms with Crippen LogP contribution in [0.1, 0.15) is 16.8 Å². The number of anilines is 1. The molecule has 0 radical (unpaired) electrons. The second-order valence-corrected chi connectivity index (χ2v) is 4.50. The van der Waals surface area contributed by atoms with Crippen molar-refractivity contribution in [1.82, 2.24) is 4.98 Å². The van der Waals surface area contributed by atoms with E-state index < -0.39 is 0 Å². The van der Waals surface area contributed by atoms with Crippen LogP contribution in [0, 0.1) is 25.2 Å². The lowest BCUT2D eigenvalue weighted by Crippen LogP contribution is -2.14. The van der Waals surface area contributed by atoms with Gasteiger partial charge in [0, 0.05) is 5.69 Å². The number of para-hydroxylation sites is 1. The molecule has 0 amide bonds. The van der Waals surface area contributed by atoms with Crippen LogP contribution >= 0.6 is 0 Å². The topological polar surface area (TPSA) is 57.9 Å². The van der Waals surface area contributed by atoms with Gasteiger partial charge in [-0.25, -0.2) is 4.98 Å². The highest BCUT2D eigenvalue weighted by molar-refractivity contribution is 5.56. The number of ether oxygens (including phenoxy) is 1. The summed E-state index contributed by atoms with van der Waals surface area (Å²) >= 11 is 0. The van der Waals surface area contributed by atoms with E-state index in [1.165, 1.54) is 0 Å². The summed E-state index contributed by atoms with van der Waals surface area (Å²) in [5.74, 6) is 1.46. The van der Waals surface area contributed by atoms with Gasteiger partial charge in [-0.05, 0) is 37.6 Å². The molecule has 0 saturated carbocycles. The third-order valence-electron chi connectivity index (χ3n) is 2.86. The van der Waals surface area contributed by atoms with Gasteiger partial charge in [-0.15, -0.1) is 0 Å². The van der Waals surface area contributed by atoms with Crippen LogP contribution in [-0.2, 0) is 0 Å². The zero-order chi connectivity index (χ0) is 14.4. The highest BCUT2D eigenvalue weighted by atomic mass is 16.5. The van der Waals surface area contributed by atoms with E-state index in [4.69, 9.17) is 10.00 Å². The predicted octanol–water partition coefficient (Wildman–Crippen LogP) is 3.06. The molecule has 0 saturated heterocycles. The lowest BCUT2D eigenvalue weighted by molar-refractivity contribution is 0.332. The van der Waals surface area contributed by atoms with Crippen LogP contribution in [0.3, 0.4) is 0 Å². The molecule has 4 nitrogen and oxygen atoms in total. The van der Waals surface area contributed by atoms with Gasteiger partial charge in [0.25, 0.3) is 0 Å². The zero-order valence-corrected chi connectivity index (χ0v) is 11.7. The number of aryl methyl sites for hydroxylation is 2. The van der Waals surface area contributed by atoms with E-state index in [9.17, 15) is 0 Å². The second-order valence-electron chi connectivity index (χ2n) is 4.50. The van der Waals surface area contributed by atoms with E-state index in [-0.39, 0.29) is 0 Å². The average Bonchev–Trinajstić information content (AvgIpc) is 2.44. The molecular weight excluding hydrogens is 250 g/mol. The molecule has 1 N–H and O–H groups in total. The van der Waals surface area contributed by atoms with Gasteiger partial charge in [-0.2, -0.15) is 5.26 Å². The summed E-state index contributed by atoms with van der Waals surface area (Å²) < 4.78 is 5.59. The number of benzene rings is 1. The maximum atomic E-state index is 9.16. The van der Waals surface area contributed by atoms with Crippen molar-refractivity contribution in [2.75, 3.05) is 18.5 Å². The Bertz CT molecular complexity index is 618. The molecule has 1 aromatic heterocycles. The van der Waals surface area contributed by atoms with E-state index in [1.54, 1.807) is 0 Å². The van der Waals surface area contributed by atoms with E-state index in [1.807, 2.05) is 50.2 Å². The number of nitrogens with one attached hydrogen (secondary N) is 1. The standard InChI is InChI=1S/C16H17N3O/c1-12-10-13(2)19-16(15(12)11-17)18-8-9-20-14-6-4-3-5-7-14/h3-7,10H,8-9H2,1-2H3,(H,18,19). The summed E-state index contributed by atoms with van der Waals surface area (Å²) in [4.78, 5) is 4.36. The van der Waals surface area contributed by atoms with Crippen LogP contribution in [-0.4, -0.2) is 18.1 Å². The third-order valence-corrected chi connectivity index (χ3v) is 2.86. The highest BCUT2D eigenvalue weighted by Gasteiger charge is 2.07. The maximum Gasteiger partial charge on any atom is 0.144 e. The number of hydrogen-bond donors (Lipinski definition) is 1. The lowest BCUT2D eigenvalue weighted by Gasteiger charge is -2.11. The first kappa shape index (κ1) is 13.9. The smallest absolute Gasteiger partial charge is 0.144 e. The number of nitrogens with zero attached hydrogens (tertiary/aromatic N) is 2. The first-order valence-corrected chi connectivity index (χ1v) is 6.51. The molecule has 1 aromatic carbocycles. The number of hydrogen-bond acceptors (Lipinski definition) is 4. The lowest BCUT2D eigenvalue weighted by atomic mass is 10.1. The summed E-state index contributed by atoms with van der Waals surface area (Å²) in [7, 11) is 0. The molecule has 0 unspecified atom stereocenters. The summed E-state index contributed by atoms with van der Waals surface area (Å²) in [5, 5.41) is 12.3. The van der Waals surface area contributed by atoms with E-state index in [2.05, 4.69) is 16.4 Å². The van der Waals surface area contributed by atoms with Crippen LogP contribution in [0.4, 0.5) is 5.82 Å². The molecule has 4 heteroatoms. The minimum atomic E-state index is 0.517. The first-order valence-electron chi connectivity index (χ1n) is 6.51. The first-order chi connectivity index (χ1) is 9.70. The summed E-state index contributed by atoms with van der Waals surface area (Å²) in [6.45, 7) is 4.95. The molecule has 2 aromatic rings. The Morgan fingerprint density at radius 2 is 2.00 bits per heavy atom. The van der Waals surface area contributed by atoms with Gasteiger partial charge >= 0.3 is 0 Å². The highest BCUT2D eigenvalue weighted by Crippen LogP contribution is 2.17. The number of rotatable bonds is 5. The SMILES string of the molecule is Cc1cc(C)c(C#N)c(NCCOc2ccccc2)n1. The van der Waals surface area contributed by atoms with Crippen molar-refractivity contribution < 1.29 is 4.74 Å². The molecule has 2 rings (SSSR count). The Kier molecular flexibility index (Phi) is 4.56. The third kappa shape index (κ3) is 3.48. The molecule has 20 heavy (non-hydrogen) atoms. The quantitative estimate of drug-likeness (QED) is 0.846. The summed E-state index contributed by atoms with van der Waals surface area (Å²) in [6.07, 6.45) is 0. The second kappa shape index (κ2) is 6.58. The minimum absolute atomic E-state index is 0.517. The Labute approximate surface area is 119 Å². The monoisotopic (exact) mass is 267 g/mol. The molecule has 0 spiro atoms. The molecule has 0 fully saturated rings.